The first-order valence-electron chi connectivity index (χ1n) is 6.02. The van der Waals surface area contributed by atoms with Gasteiger partial charge in [-0.25, -0.2) is 9.69 Å². The van der Waals surface area contributed by atoms with Gasteiger partial charge in [0.15, 0.2) is 0 Å². The summed E-state index contributed by atoms with van der Waals surface area (Å²) >= 11 is 0. The lowest BCUT2D eigenvalue weighted by Crippen LogP contribution is -2.48. The monoisotopic (exact) mass is 276 g/mol. The van der Waals surface area contributed by atoms with Crippen molar-refractivity contribution in [2.75, 3.05) is 13.1 Å². The fourth-order valence-electron chi connectivity index (χ4n) is 1.95. The summed E-state index contributed by atoms with van der Waals surface area (Å²) in [6.45, 7) is 2.86. The Hall–Kier alpha value is -1.38. The Morgan fingerprint density at radius 2 is 1.84 bits per heavy atom. The summed E-state index contributed by atoms with van der Waals surface area (Å²) in [5.41, 5.74) is -0.963. The highest BCUT2D eigenvalue weighted by Gasteiger charge is 2.36. The number of hydrogen-bond acceptors (Lipinski definition) is 6. The molecular weight excluding hydrogens is 256 g/mol. The number of ether oxygens (including phenoxy) is 1. The number of carboxylic acids is 1. The molecule has 4 N–H and O–H groups in total. The van der Waals surface area contributed by atoms with Crippen molar-refractivity contribution < 1.29 is 29.6 Å². The van der Waals surface area contributed by atoms with E-state index in [1.54, 1.807) is 13.8 Å². The maximum Gasteiger partial charge on any atom is 0.408 e. The van der Waals surface area contributed by atoms with Crippen molar-refractivity contribution in [2.24, 2.45) is 0 Å². The summed E-state index contributed by atoms with van der Waals surface area (Å²) in [7, 11) is 0. The molecule has 1 aliphatic rings. The second-order valence-corrected chi connectivity index (χ2v) is 5.11. The van der Waals surface area contributed by atoms with Crippen LogP contribution in [0.4, 0.5) is 4.79 Å². The van der Waals surface area contributed by atoms with Crippen molar-refractivity contribution in [1.82, 2.24) is 10.2 Å². The highest BCUT2D eigenvalue weighted by molar-refractivity contribution is 5.76. The van der Waals surface area contributed by atoms with Crippen LogP contribution in [0.3, 0.4) is 0 Å². The molecule has 1 heterocycles. The number of alkyl carbamates (subject to hydrolysis) is 1. The molecule has 0 radical (unpaired) electrons. The molecular formula is C11H20N2O6. The Balaban J connectivity index is 2.46. The lowest BCUT2D eigenvalue weighted by atomic mass is 10.1. The number of amides is 1. The van der Waals surface area contributed by atoms with E-state index in [0.717, 1.165) is 0 Å². The van der Waals surface area contributed by atoms with E-state index >= 15 is 0 Å². The maximum atomic E-state index is 11.4. The van der Waals surface area contributed by atoms with E-state index in [-0.39, 0.29) is 6.54 Å². The topological polar surface area (TPSA) is 119 Å². The first-order chi connectivity index (χ1) is 8.71. The third-order valence-corrected chi connectivity index (χ3v) is 2.77. The largest absolute Gasteiger partial charge is 0.480 e. The Morgan fingerprint density at radius 3 is 2.32 bits per heavy atom. The molecule has 19 heavy (non-hydrogen) atoms. The van der Waals surface area contributed by atoms with Gasteiger partial charge in [0.2, 0.25) is 0 Å². The normalized spacial score (nSPS) is 24.2. The van der Waals surface area contributed by atoms with E-state index in [1.165, 1.54) is 4.90 Å². The average molecular weight is 276 g/mol. The molecule has 0 aromatic heterocycles. The standard InChI is InChI=1S/C11H20N2O6/c1-11(2,19-10(18)12-5-9(16)17)6-13-7(14)3-4-8(13)15/h7-8,14-15H,3-6H2,1-2H3,(H,12,18)(H,16,17). The quantitative estimate of drug-likeness (QED) is 0.524. The molecule has 1 rings (SSSR count). The van der Waals surface area contributed by atoms with Crippen LogP contribution in [-0.4, -0.2) is 63.4 Å². The molecule has 1 amide bonds. The molecule has 110 valence electrons. The van der Waals surface area contributed by atoms with Crippen LogP contribution in [0.1, 0.15) is 26.7 Å². The number of aliphatic carboxylic acids is 1. The van der Waals surface area contributed by atoms with Gasteiger partial charge in [0.25, 0.3) is 0 Å². The first kappa shape index (κ1) is 15.7. The Kier molecular flexibility index (Phi) is 5.10. The van der Waals surface area contributed by atoms with Gasteiger partial charge < -0.3 is 25.4 Å². The molecule has 0 aromatic carbocycles. The number of likely N-dealkylation sites (tertiary alicyclic amines) is 1. The second-order valence-electron chi connectivity index (χ2n) is 5.11. The molecule has 2 atom stereocenters. The van der Waals surface area contributed by atoms with Crippen LogP contribution >= 0.6 is 0 Å². The lowest BCUT2D eigenvalue weighted by Gasteiger charge is -2.33. The smallest absolute Gasteiger partial charge is 0.408 e. The van der Waals surface area contributed by atoms with Crippen LogP contribution in [0.2, 0.25) is 0 Å². The third-order valence-electron chi connectivity index (χ3n) is 2.77. The van der Waals surface area contributed by atoms with Crippen LogP contribution < -0.4 is 5.32 Å². The van der Waals surface area contributed by atoms with Gasteiger partial charge in [0.1, 0.15) is 24.6 Å². The molecule has 0 aliphatic carbocycles. The zero-order valence-electron chi connectivity index (χ0n) is 11.0. The fourth-order valence-corrected chi connectivity index (χ4v) is 1.95. The van der Waals surface area contributed by atoms with Crippen molar-refractivity contribution in [3.63, 3.8) is 0 Å². The maximum absolute atomic E-state index is 11.4. The number of aliphatic hydroxyl groups is 2. The van der Waals surface area contributed by atoms with Gasteiger partial charge in [-0.3, -0.25) is 4.79 Å². The average Bonchev–Trinajstić information content (AvgIpc) is 2.57. The van der Waals surface area contributed by atoms with Gasteiger partial charge in [0, 0.05) is 6.54 Å². The zero-order chi connectivity index (χ0) is 14.6. The molecule has 0 spiro atoms. The van der Waals surface area contributed by atoms with E-state index in [9.17, 15) is 19.8 Å². The SMILES string of the molecule is CC(C)(CN1C(O)CCC1O)OC(=O)NCC(=O)O. The Morgan fingerprint density at radius 1 is 1.32 bits per heavy atom. The fraction of sp³-hybridized carbons (Fsp3) is 0.818. The highest BCUT2D eigenvalue weighted by atomic mass is 16.6. The number of nitrogens with zero attached hydrogens (tertiary/aromatic N) is 1. The Labute approximate surface area is 111 Å². The summed E-state index contributed by atoms with van der Waals surface area (Å²) < 4.78 is 5.07. The Bertz CT molecular complexity index is 336. The molecule has 1 saturated heterocycles. The van der Waals surface area contributed by atoms with Crippen LogP contribution in [-0.2, 0) is 9.53 Å². The van der Waals surface area contributed by atoms with E-state index in [2.05, 4.69) is 5.32 Å². The predicted molar refractivity (Wildman–Crippen MR) is 64.2 cm³/mol. The minimum atomic E-state index is -1.17. The minimum absolute atomic E-state index is 0.149. The number of aliphatic hydroxyl groups excluding tert-OH is 2. The predicted octanol–water partition coefficient (Wildman–Crippen LogP) is -0.692. The molecule has 1 fully saturated rings. The van der Waals surface area contributed by atoms with E-state index < -0.39 is 36.7 Å². The number of hydrogen-bond donors (Lipinski definition) is 4. The van der Waals surface area contributed by atoms with E-state index in [0.29, 0.717) is 12.8 Å². The van der Waals surface area contributed by atoms with E-state index in [1.807, 2.05) is 0 Å². The number of carbonyl (C=O) groups excluding carboxylic acids is 1. The summed E-state index contributed by atoms with van der Waals surface area (Å²) in [5.74, 6) is -1.17. The van der Waals surface area contributed by atoms with Gasteiger partial charge >= 0.3 is 12.1 Å². The summed E-state index contributed by atoms with van der Waals surface area (Å²) in [5, 5.41) is 29.8. The molecule has 0 bridgehead atoms. The van der Waals surface area contributed by atoms with E-state index in [4.69, 9.17) is 9.84 Å². The lowest BCUT2D eigenvalue weighted by molar-refractivity contribution is -0.136. The summed E-state index contributed by atoms with van der Waals surface area (Å²) in [4.78, 5) is 23.1. The van der Waals surface area contributed by atoms with Crippen LogP contribution in [0.15, 0.2) is 0 Å². The van der Waals surface area contributed by atoms with Crippen molar-refractivity contribution >= 4 is 12.1 Å². The molecule has 1 aliphatic heterocycles. The second kappa shape index (κ2) is 6.18. The molecule has 8 heteroatoms. The molecule has 8 nitrogen and oxygen atoms in total. The zero-order valence-corrected chi connectivity index (χ0v) is 11.0. The number of carboxylic acid groups (broad SMARTS) is 1. The molecule has 0 aromatic rings. The van der Waals surface area contributed by atoms with Gasteiger partial charge in [-0.1, -0.05) is 0 Å². The van der Waals surface area contributed by atoms with Gasteiger partial charge in [-0.05, 0) is 26.7 Å². The molecule has 2 unspecified atom stereocenters. The number of nitrogens with one attached hydrogen (secondary N) is 1. The summed E-state index contributed by atoms with van der Waals surface area (Å²) in [6.07, 6.45) is -1.46. The number of carbonyl (C=O) groups is 2. The van der Waals surface area contributed by atoms with Crippen molar-refractivity contribution in [3.8, 4) is 0 Å². The van der Waals surface area contributed by atoms with Crippen molar-refractivity contribution in [2.45, 2.75) is 44.7 Å². The minimum Gasteiger partial charge on any atom is -0.480 e. The first-order valence-corrected chi connectivity index (χ1v) is 6.02. The van der Waals surface area contributed by atoms with Crippen molar-refractivity contribution in [3.05, 3.63) is 0 Å². The summed E-state index contributed by atoms with van der Waals surface area (Å²) in [6, 6.07) is 0. The third kappa shape index (κ3) is 5.01. The number of rotatable bonds is 5. The van der Waals surface area contributed by atoms with Crippen LogP contribution in [0, 0.1) is 0 Å². The van der Waals surface area contributed by atoms with Crippen LogP contribution in [0.25, 0.3) is 0 Å². The van der Waals surface area contributed by atoms with Crippen molar-refractivity contribution in [1.29, 1.82) is 0 Å². The van der Waals surface area contributed by atoms with Crippen LogP contribution in [0.5, 0.6) is 0 Å². The molecule has 0 saturated carbocycles. The van der Waals surface area contributed by atoms with Gasteiger partial charge in [-0.2, -0.15) is 0 Å². The van der Waals surface area contributed by atoms with Gasteiger partial charge in [0.05, 0.1) is 0 Å². The van der Waals surface area contributed by atoms with Gasteiger partial charge in [-0.15, -0.1) is 0 Å². The highest BCUT2D eigenvalue weighted by Crippen LogP contribution is 2.24.